The summed E-state index contributed by atoms with van der Waals surface area (Å²) >= 11 is 0. The summed E-state index contributed by atoms with van der Waals surface area (Å²) in [6, 6.07) is 8.77. The zero-order chi connectivity index (χ0) is 15.2. The highest BCUT2D eigenvalue weighted by Gasteiger charge is 2.22. The molecule has 3 heteroatoms. The van der Waals surface area contributed by atoms with E-state index in [0.717, 1.165) is 19.0 Å². The van der Waals surface area contributed by atoms with Gasteiger partial charge in [-0.15, -0.1) is 0 Å². The molecule has 0 fully saturated rings. The van der Waals surface area contributed by atoms with Crippen LogP contribution in [0.2, 0.25) is 0 Å². The zero-order valence-electron chi connectivity index (χ0n) is 14.1. The molecule has 0 bridgehead atoms. The van der Waals surface area contributed by atoms with Crippen LogP contribution in [-0.4, -0.2) is 56.6 Å². The molecule has 1 N–H and O–H groups in total. The molecule has 1 aliphatic rings. The Morgan fingerprint density at radius 2 is 1.90 bits per heavy atom. The van der Waals surface area contributed by atoms with Crippen LogP contribution in [0, 0.1) is 5.92 Å². The van der Waals surface area contributed by atoms with Crippen molar-refractivity contribution in [2.75, 3.05) is 52.1 Å². The topological polar surface area (TPSA) is 18.5 Å². The van der Waals surface area contributed by atoms with Crippen molar-refractivity contribution < 1.29 is 0 Å². The lowest BCUT2D eigenvalue weighted by atomic mass is 9.97. The molecule has 21 heavy (non-hydrogen) atoms. The number of hydrogen-bond donors (Lipinski definition) is 1. The van der Waals surface area contributed by atoms with Gasteiger partial charge in [0.05, 0.1) is 0 Å². The first-order valence-corrected chi connectivity index (χ1v) is 8.26. The van der Waals surface area contributed by atoms with Crippen LogP contribution < -0.4 is 5.32 Å². The summed E-state index contributed by atoms with van der Waals surface area (Å²) in [4.78, 5) is 4.91. The van der Waals surface area contributed by atoms with Gasteiger partial charge in [-0.3, -0.25) is 0 Å². The second-order valence-corrected chi connectivity index (χ2v) is 6.95. The molecule has 1 aromatic carbocycles. The van der Waals surface area contributed by atoms with Crippen LogP contribution >= 0.6 is 0 Å². The zero-order valence-corrected chi connectivity index (χ0v) is 14.1. The van der Waals surface area contributed by atoms with E-state index in [4.69, 9.17) is 0 Å². The average Bonchev–Trinajstić information content (AvgIpc) is 2.84. The Morgan fingerprint density at radius 3 is 2.62 bits per heavy atom. The lowest BCUT2D eigenvalue weighted by molar-refractivity contribution is 0.213. The highest BCUT2D eigenvalue weighted by molar-refractivity contribution is 5.57. The quantitative estimate of drug-likeness (QED) is 0.793. The Bertz CT molecular complexity index is 428. The lowest BCUT2D eigenvalue weighted by Gasteiger charge is -2.27. The van der Waals surface area contributed by atoms with Crippen molar-refractivity contribution in [1.29, 1.82) is 0 Å². The van der Waals surface area contributed by atoms with Crippen molar-refractivity contribution in [3.05, 3.63) is 29.8 Å². The van der Waals surface area contributed by atoms with Gasteiger partial charge in [0.15, 0.2) is 0 Å². The standard InChI is InChI=1S/C18H31N3/c1-15(2)14-21(12-11-20(3)4)10-9-16-13-19-18-8-6-5-7-17(16)18/h5-8,15-16,19H,9-14H2,1-4H3. The molecule has 1 atom stereocenters. The van der Waals surface area contributed by atoms with Gasteiger partial charge in [-0.05, 0) is 44.6 Å². The van der Waals surface area contributed by atoms with Gasteiger partial charge < -0.3 is 15.1 Å². The van der Waals surface area contributed by atoms with Gasteiger partial charge in [0, 0.05) is 37.8 Å². The summed E-state index contributed by atoms with van der Waals surface area (Å²) in [6.07, 6.45) is 1.25. The average molecular weight is 289 g/mol. The lowest BCUT2D eigenvalue weighted by Crippen LogP contribution is -2.35. The summed E-state index contributed by atoms with van der Waals surface area (Å²) in [5.74, 6) is 1.41. The van der Waals surface area contributed by atoms with Crippen LogP contribution in [0.5, 0.6) is 0 Å². The summed E-state index contributed by atoms with van der Waals surface area (Å²) < 4.78 is 0. The van der Waals surface area contributed by atoms with E-state index < -0.39 is 0 Å². The van der Waals surface area contributed by atoms with E-state index in [-0.39, 0.29) is 0 Å². The number of nitrogens with one attached hydrogen (secondary N) is 1. The van der Waals surface area contributed by atoms with Crippen LogP contribution in [-0.2, 0) is 0 Å². The Labute approximate surface area is 130 Å². The Hall–Kier alpha value is -1.06. The van der Waals surface area contributed by atoms with Crippen LogP contribution in [0.1, 0.15) is 31.7 Å². The molecule has 118 valence electrons. The van der Waals surface area contributed by atoms with Crippen LogP contribution in [0.4, 0.5) is 5.69 Å². The van der Waals surface area contributed by atoms with Crippen molar-refractivity contribution in [3.63, 3.8) is 0 Å². The minimum Gasteiger partial charge on any atom is -0.384 e. The first-order chi connectivity index (χ1) is 10.1. The van der Waals surface area contributed by atoms with Gasteiger partial charge >= 0.3 is 0 Å². The van der Waals surface area contributed by atoms with Crippen molar-refractivity contribution in [1.82, 2.24) is 9.80 Å². The molecule has 3 nitrogen and oxygen atoms in total. The second kappa shape index (κ2) is 7.81. The highest BCUT2D eigenvalue weighted by atomic mass is 15.2. The number of hydrogen-bond acceptors (Lipinski definition) is 3. The maximum absolute atomic E-state index is 3.54. The van der Waals surface area contributed by atoms with Crippen molar-refractivity contribution in [3.8, 4) is 0 Å². The van der Waals surface area contributed by atoms with Gasteiger partial charge in [0.2, 0.25) is 0 Å². The molecular weight excluding hydrogens is 258 g/mol. The predicted octanol–water partition coefficient (Wildman–Crippen LogP) is 3.11. The molecule has 1 unspecified atom stereocenters. The van der Waals surface area contributed by atoms with Crippen LogP contribution in [0.3, 0.4) is 0 Å². The largest absolute Gasteiger partial charge is 0.384 e. The monoisotopic (exact) mass is 289 g/mol. The Morgan fingerprint density at radius 1 is 1.14 bits per heavy atom. The van der Waals surface area contributed by atoms with E-state index in [0.29, 0.717) is 5.92 Å². The summed E-state index contributed by atoms with van der Waals surface area (Å²) in [5.41, 5.74) is 2.85. The van der Waals surface area contributed by atoms with Gasteiger partial charge in [0.25, 0.3) is 0 Å². The van der Waals surface area contributed by atoms with Crippen LogP contribution in [0.15, 0.2) is 24.3 Å². The van der Waals surface area contributed by atoms with Gasteiger partial charge in [-0.1, -0.05) is 32.0 Å². The smallest absolute Gasteiger partial charge is 0.0376 e. The molecule has 0 saturated carbocycles. The first-order valence-electron chi connectivity index (χ1n) is 8.26. The fourth-order valence-electron chi connectivity index (χ4n) is 3.11. The van der Waals surface area contributed by atoms with E-state index in [1.165, 1.54) is 37.3 Å². The van der Waals surface area contributed by atoms with Gasteiger partial charge in [-0.2, -0.15) is 0 Å². The molecule has 0 spiro atoms. The van der Waals surface area contributed by atoms with Crippen LogP contribution in [0.25, 0.3) is 0 Å². The number of benzene rings is 1. The minimum atomic E-state index is 0.676. The summed E-state index contributed by atoms with van der Waals surface area (Å²) in [5, 5.41) is 3.54. The molecular formula is C18H31N3. The number of anilines is 1. The SMILES string of the molecule is CC(C)CN(CCC1CNc2ccccc21)CCN(C)C. The van der Waals surface area contributed by atoms with E-state index in [1.807, 2.05) is 0 Å². The molecule has 0 aromatic heterocycles. The third-order valence-corrected chi connectivity index (χ3v) is 4.22. The van der Waals surface area contributed by atoms with E-state index >= 15 is 0 Å². The third-order valence-electron chi connectivity index (χ3n) is 4.22. The molecule has 1 aliphatic heterocycles. The van der Waals surface area contributed by atoms with E-state index in [1.54, 1.807) is 0 Å². The van der Waals surface area contributed by atoms with Gasteiger partial charge in [-0.25, -0.2) is 0 Å². The fourth-order valence-corrected chi connectivity index (χ4v) is 3.11. The molecule has 0 aliphatic carbocycles. The second-order valence-electron chi connectivity index (χ2n) is 6.95. The van der Waals surface area contributed by atoms with Gasteiger partial charge in [0.1, 0.15) is 0 Å². The molecule has 1 heterocycles. The molecule has 0 saturated heterocycles. The predicted molar refractivity (Wildman–Crippen MR) is 92.1 cm³/mol. The molecule has 1 aromatic rings. The van der Waals surface area contributed by atoms with E-state index in [2.05, 4.69) is 67.3 Å². The van der Waals surface area contributed by atoms with E-state index in [9.17, 15) is 0 Å². The summed E-state index contributed by atoms with van der Waals surface area (Å²) in [6.45, 7) is 10.5. The molecule has 0 amide bonds. The number of nitrogens with zero attached hydrogens (tertiary/aromatic N) is 2. The minimum absolute atomic E-state index is 0.676. The Balaban J connectivity index is 1.86. The fraction of sp³-hybridized carbons (Fsp3) is 0.667. The normalized spacial score (nSPS) is 17.6. The van der Waals surface area contributed by atoms with Crippen molar-refractivity contribution in [2.24, 2.45) is 5.92 Å². The first kappa shape index (κ1) is 16.3. The van der Waals surface area contributed by atoms with Crippen molar-refractivity contribution >= 4 is 5.69 Å². The number of para-hydroxylation sites is 1. The molecule has 2 rings (SSSR count). The maximum atomic E-state index is 3.54. The Kier molecular flexibility index (Phi) is 6.07. The number of rotatable bonds is 8. The number of likely N-dealkylation sites (N-methyl/N-ethyl adjacent to an activating group) is 1. The van der Waals surface area contributed by atoms with Crippen molar-refractivity contribution in [2.45, 2.75) is 26.2 Å². The molecule has 0 radical (unpaired) electrons. The summed E-state index contributed by atoms with van der Waals surface area (Å²) in [7, 11) is 4.31. The highest BCUT2D eigenvalue weighted by Crippen LogP contribution is 2.33. The maximum Gasteiger partial charge on any atom is 0.0376 e. The third kappa shape index (κ3) is 5.01. The number of fused-ring (bicyclic) bond motifs is 1.